The lowest BCUT2D eigenvalue weighted by Crippen LogP contribution is -2.39. The minimum Gasteiger partial charge on any atom is -0.281 e. The van der Waals surface area contributed by atoms with Gasteiger partial charge in [0.05, 0.1) is 16.0 Å². The van der Waals surface area contributed by atoms with Crippen LogP contribution in [-0.2, 0) is 14.1 Å². The molecule has 1 aromatic carbocycles. The van der Waals surface area contributed by atoms with E-state index in [1.54, 1.807) is 18.2 Å². The van der Waals surface area contributed by atoms with Gasteiger partial charge in [-0.2, -0.15) is 0 Å². The first-order chi connectivity index (χ1) is 12.8. The van der Waals surface area contributed by atoms with E-state index in [1.807, 2.05) is 0 Å². The number of benzene rings is 1. The first kappa shape index (κ1) is 17.6. The van der Waals surface area contributed by atoms with Crippen molar-refractivity contribution in [3.05, 3.63) is 82.1 Å². The monoisotopic (exact) mass is 369 g/mol. The molecule has 0 unspecified atom stereocenters. The van der Waals surface area contributed by atoms with Crippen molar-refractivity contribution in [2.75, 3.05) is 0 Å². The van der Waals surface area contributed by atoms with Crippen LogP contribution in [0.4, 0.5) is 11.4 Å². The van der Waals surface area contributed by atoms with Gasteiger partial charge >= 0.3 is 16.9 Å². The van der Waals surface area contributed by atoms with Gasteiger partial charge in [0.1, 0.15) is 11.3 Å². The van der Waals surface area contributed by atoms with E-state index in [2.05, 4.69) is 10.0 Å². The number of para-hydroxylation sites is 1. The Morgan fingerprint density at radius 3 is 2.26 bits per heavy atom. The Labute approximate surface area is 148 Å². The number of aryl methyl sites for hydroxylation is 1. The van der Waals surface area contributed by atoms with Crippen molar-refractivity contribution in [3.8, 4) is 5.69 Å². The molecule has 0 amide bonds. The molecule has 0 aliphatic carbocycles. The van der Waals surface area contributed by atoms with Crippen LogP contribution in [0.25, 0.3) is 27.2 Å². The highest BCUT2D eigenvalue weighted by molar-refractivity contribution is 5.92. The molecular formula is C15H11N7O5. The standard InChI is InChI=1S/C15H11N7O5/c1-19-12-9(13(23)20(2)15(19)25)10(17-18-16)11(22(26)27)14(24)21(12)8-6-4-3-5-7-8/h3-7H,1-2H3. The normalized spacial score (nSPS) is 10.6. The highest BCUT2D eigenvalue weighted by Crippen LogP contribution is 2.31. The SMILES string of the molecule is Cn1c(=O)c2c(N=[N+]=[N-])c([N+](=O)[O-])c(=O)n(-c3ccccc3)c2n(C)c1=O. The van der Waals surface area contributed by atoms with Gasteiger partial charge in [0.15, 0.2) is 0 Å². The topological polar surface area (TPSA) is 158 Å². The van der Waals surface area contributed by atoms with Gasteiger partial charge in [0.2, 0.25) is 0 Å². The molecule has 3 aromatic rings. The van der Waals surface area contributed by atoms with Gasteiger partial charge in [0, 0.05) is 19.0 Å². The molecule has 0 N–H and O–H groups in total. The third-order valence-electron chi connectivity index (χ3n) is 4.05. The fourth-order valence-electron chi connectivity index (χ4n) is 2.85. The average Bonchev–Trinajstić information content (AvgIpc) is 2.65. The summed E-state index contributed by atoms with van der Waals surface area (Å²) in [5.41, 5.74) is 4.18. The molecule has 0 aliphatic rings. The maximum Gasteiger partial charge on any atom is 0.345 e. The molecule has 2 heterocycles. The minimum atomic E-state index is -1.13. The van der Waals surface area contributed by atoms with Crippen LogP contribution in [-0.4, -0.2) is 18.6 Å². The Balaban J connectivity index is 2.83. The molecule has 12 heteroatoms. The fourth-order valence-corrected chi connectivity index (χ4v) is 2.85. The van der Waals surface area contributed by atoms with Gasteiger partial charge in [-0.05, 0) is 17.7 Å². The maximum absolute atomic E-state index is 12.9. The van der Waals surface area contributed by atoms with Gasteiger partial charge < -0.3 is 0 Å². The second-order valence-electron chi connectivity index (χ2n) is 5.52. The zero-order chi connectivity index (χ0) is 19.9. The van der Waals surface area contributed by atoms with E-state index in [-0.39, 0.29) is 11.3 Å². The molecule has 0 bridgehead atoms. The van der Waals surface area contributed by atoms with Crippen molar-refractivity contribution in [3.63, 3.8) is 0 Å². The lowest BCUT2D eigenvalue weighted by Gasteiger charge is -2.15. The van der Waals surface area contributed by atoms with Gasteiger partial charge in [0.25, 0.3) is 5.56 Å². The second kappa shape index (κ2) is 6.28. The van der Waals surface area contributed by atoms with Crippen molar-refractivity contribution in [1.82, 2.24) is 13.7 Å². The lowest BCUT2D eigenvalue weighted by molar-refractivity contribution is -0.385. The van der Waals surface area contributed by atoms with E-state index in [9.17, 15) is 24.5 Å². The maximum atomic E-state index is 12.9. The molecular weight excluding hydrogens is 358 g/mol. The molecule has 0 saturated carbocycles. The highest BCUT2D eigenvalue weighted by Gasteiger charge is 2.29. The molecule has 0 fully saturated rings. The van der Waals surface area contributed by atoms with Crippen LogP contribution < -0.4 is 16.8 Å². The molecule has 3 rings (SSSR count). The number of hydrogen-bond acceptors (Lipinski definition) is 6. The molecule has 0 spiro atoms. The minimum absolute atomic E-state index is 0.200. The Bertz CT molecular complexity index is 1330. The van der Waals surface area contributed by atoms with E-state index in [0.717, 1.165) is 9.13 Å². The Morgan fingerprint density at radius 2 is 1.70 bits per heavy atom. The van der Waals surface area contributed by atoms with Crippen LogP contribution >= 0.6 is 0 Å². The average molecular weight is 369 g/mol. The molecule has 136 valence electrons. The van der Waals surface area contributed by atoms with Gasteiger partial charge in [-0.1, -0.05) is 23.3 Å². The van der Waals surface area contributed by atoms with Crippen molar-refractivity contribution >= 4 is 22.4 Å². The largest absolute Gasteiger partial charge is 0.345 e. The fraction of sp³-hybridized carbons (Fsp3) is 0.133. The summed E-state index contributed by atoms with van der Waals surface area (Å²) in [7, 11) is 2.47. The Morgan fingerprint density at radius 1 is 1.07 bits per heavy atom. The second-order valence-corrected chi connectivity index (χ2v) is 5.52. The number of nitrogens with zero attached hydrogens (tertiary/aromatic N) is 7. The van der Waals surface area contributed by atoms with Crippen LogP contribution in [0.15, 0.2) is 49.8 Å². The summed E-state index contributed by atoms with van der Waals surface area (Å²) in [4.78, 5) is 51.0. The summed E-state index contributed by atoms with van der Waals surface area (Å²) in [5, 5.41) is 14.3. The van der Waals surface area contributed by atoms with E-state index < -0.39 is 38.5 Å². The summed E-state index contributed by atoms with van der Waals surface area (Å²) in [6, 6.07) is 7.80. The van der Waals surface area contributed by atoms with Crippen LogP contribution in [0.1, 0.15) is 0 Å². The van der Waals surface area contributed by atoms with Crippen LogP contribution in [0.5, 0.6) is 0 Å². The van der Waals surface area contributed by atoms with E-state index in [1.165, 1.54) is 26.2 Å². The van der Waals surface area contributed by atoms with Crippen LogP contribution in [0, 0.1) is 10.1 Å². The van der Waals surface area contributed by atoms with Crippen molar-refractivity contribution in [2.45, 2.75) is 0 Å². The first-order valence-electron chi connectivity index (χ1n) is 7.45. The van der Waals surface area contributed by atoms with E-state index in [4.69, 9.17) is 5.53 Å². The zero-order valence-corrected chi connectivity index (χ0v) is 14.1. The summed E-state index contributed by atoms with van der Waals surface area (Å²) in [6.45, 7) is 0. The third kappa shape index (κ3) is 2.48. The molecule has 0 atom stereocenters. The summed E-state index contributed by atoms with van der Waals surface area (Å²) in [5.74, 6) is 0. The molecule has 0 aliphatic heterocycles. The van der Waals surface area contributed by atoms with Crippen molar-refractivity contribution < 1.29 is 4.92 Å². The number of hydrogen-bond donors (Lipinski definition) is 0. The molecule has 12 nitrogen and oxygen atoms in total. The smallest absolute Gasteiger partial charge is 0.281 e. The van der Waals surface area contributed by atoms with Crippen molar-refractivity contribution in [2.24, 2.45) is 19.2 Å². The predicted octanol–water partition coefficient (Wildman–Crippen LogP) is 1.24. The first-order valence-corrected chi connectivity index (χ1v) is 7.45. The number of aromatic nitrogens is 3. The highest BCUT2D eigenvalue weighted by atomic mass is 16.6. The summed E-state index contributed by atoms with van der Waals surface area (Å²) >= 11 is 0. The Kier molecular flexibility index (Phi) is 4.10. The van der Waals surface area contributed by atoms with Gasteiger partial charge in [-0.3, -0.25) is 33.4 Å². The number of pyridine rings is 1. The van der Waals surface area contributed by atoms with E-state index in [0.29, 0.717) is 4.57 Å². The molecule has 0 radical (unpaired) electrons. The predicted molar refractivity (Wildman–Crippen MR) is 95.5 cm³/mol. The molecule has 27 heavy (non-hydrogen) atoms. The number of azide groups is 1. The summed E-state index contributed by atoms with van der Waals surface area (Å²) in [6.07, 6.45) is 0. The Hall–Kier alpha value is -4.18. The number of fused-ring (bicyclic) bond motifs is 1. The molecule has 0 saturated heterocycles. The number of nitro groups is 1. The van der Waals surface area contributed by atoms with Crippen LogP contribution in [0.3, 0.4) is 0 Å². The van der Waals surface area contributed by atoms with Gasteiger partial charge in [-0.25, -0.2) is 4.79 Å². The van der Waals surface area contributed by atoms with Crippen LogP contribution in [0.2, 0.25) is 0 Å². The lowest BCUT2D eigenvalue weighted by atomic mass is 10.2. The van der Waals surface area contributed by atoms with Gasteiger partial charge in [-0.15, -0.1) is 0 Å². The zero-order valence-electron chi connectivity index (χ0n) is 14.1. The van der Waals surface area contributed by atoms with E-state index >= 15 is 0 Å². The number of rotatable bonds is 3. The third-order valence-corrected chi connectivity index (χ3v) is 4.05. The quantitative estimate of drug-likeness (QED) is 0.223. The van der Waals surface area contributed by atoms with Crippen molar-refractivity contribution in [1.29, 1.82) is 0 Å². The summed E-state index contributed by atoms with van der Waals surface area (Å²) < 4.78 is 2.58. The molecule has 2 aromatic heterocycles.